The first kappa shape index (κ1) is 18.9. The Hall–Kier alpha value is -1.86. The maximum atomic E-state index is 13.5. The number of carbonyl (C=O) groups is 1. The molecule has 5 nitrogen and oxygen atoms in total. The number of aromatic amines is 1. The number of piperidine rings is 1. The van der Waals surface area contributed by atoms with E-state index >= 15 is 0 Å². The molecule has 3 rings (SSSR count). The van der Waals surface area contributed by atoms with Gasteiger partial charge in [0.25, 0.3) is 0 Å². The van der Waals surface area contributed by atoms with Crippen LogP contribution in [0.5, 0.6) is 0 Å². The van der Waals surface area contributed by atoms with Gasteiger partial charge in [0.1, 0.15) is 5.82 Å². The summed E-state index contributed by atoms with van der Waals surface area (Å²) in [7, 11) is 0. The van der Waals surface area contributed by atoms with Crippen molar-refractivity contribution >= 4 is 17.7 Å². The number of amides is 1. The van der Waals surface area contributed by atoms with Crippen molar-refractivity contribution in [3.8, 4) is 11.1 Å². The van der Waals surface area contributed by atoms with Gasteiger partial charge in [-0.25, -0.2) is 4.39 Å². The van der Waals surface area contributed by atoms with Gasteiger partial charge in [-0.05, 0) is 49.0 Å². The summed E-state index contributed by atoms with van der Waals surface area (Å²) in [5.41, 5.74) is 8.81. The standard InChI is InChI=1S/C19H25FN4OS/c1-26-10-7-17(21)19(25)24-8-5-13(6-9-24)18-16(12-22-23-18)14-3-2-4-15(20)11-14/h2-4,11-13,17H,5-10,21H2,1H3,(H,22,23)/t17-/m0/s1. The highest BCUT2D eigenvalue weighted by atomic mass is 32.2. The van der Waals surface area contributed by atoms with Crippen LogP contribution in [-0.4, -0.2) is 52.1 Å². The Morgan fingerprint density at radius 3 is 2.92 bits per heavy atom. The van der Waals surface area contributed by atoms with Crippen LogP contribution in [0.2, 0.25) is 0 Å². The number of halogens is 1. The van der Waals surface area contributed by atoms with E-state index < -0.39 is 6.04 Å². The van der Waals surface area contributed by atoms with Crippen molar-refractivity contribution in [3.63, 3.8) is 0 Å². The van der Waals surface area contributed by atoms with Gasteiger partial charge in [0.2, 0.25) is 5.91 Å². The first-order valence-corrected chi connectivity index (χ1v) is 10.3. The van der Waals surface area contributed by atoms with Gasteiger partial charge in [-0.2, -0.15) is 16.9 Å². The summed E-state index contributed by atoms with van der Waals surface area (Å²) >= 11 is 1.70. The second-order valence-corrected chi connectivity index (χ2v) is 7.68. The summed E-state index contributed by atoms with van der Waals surface area (Å²) in [6.07, 6.45) is 6.18. The number of aromatic nitrogens is 2. The van der Waals surface area contributed by atoms with Crippen LogP contribution in [0, 0.1) is 5.82 Å². The topological polar surface area (TPSA) is 75.0 Å². The number of nitrogens with zero attached hydrogens (tertiary/aromatic N) is 2. The number of H-pyrrole nitrogens is 1. The molecule has 1 amide bonds. The zero-order valence-electron chi connectivity index (χ0n) is 15.0. The number of carbonyl (C=O) groups excluding carboxylic acids is 1. The summed E-state index contributed by atoms with van der Waals surface area (Å²) < 4.78 is 13.5. The molecule has 0 aliphatic carbocycles. The number of hydrogen-bond donors (Lipinski definition) is 2. The highest BCUT2D eigenvalue weighted by Crippen LogP contribution is 2.34. The lowest BCUT2D eigenvalue weighted by Gasteiger charge is -2.33. The van der Waals surface area contributed by atoms with E-state index in [-0.39, 0.29) is 17.6 Å². The third-order valence-electron chi connectivity index (χ3n) is 4.97. The molecule has 26 heavy (non-hydrogen) atoms. The van der Waals surface area contributed by atoms with Crippen molar-refractivity contribution in [3.05, 3.63) is 42.0 Å². The number of hydrogen-bond acceptors (Lipinski definition) is 4. The molecule has 1 aromatic carbocycles. The average Bonchev–Trinajstić information content (AvgIpc) is 3.15. The molecular weight excluding hydrogens is 351 g/mol. The Morgan fingerprint density at radius 1 is 1.46 bits per heavy atom. The highest BCUT2D eigenvalue weighted by molar-refractivity contribution is 7.98. The van der Waals surface area contributed by atoms with E-state index in [2.05, 4.69) is 10.2 Å². The summed E-state index contributed by atoms with van der Waals surface area (Å²) in [6.45, 7) is 1.39. The monoisotopic (exact) mass is 376 g/mol. The summed E-state index contributed by atoms with van der Waals surface area (Å²) in [4.78, 5) is 14.3. The SMILES string of the molecule is CSCC[C@H](N)C(=O)N1CCC(c2[nH]ncc2-c2cccc(F)c2)CC1. The zero-order valence-corrected chi connectivity index (χ0v) is 15.8. The van der Waals surface area contributed by atoms with Crippen LogP contribution >= 0.6 is 11.8 Å². The van der Waals surface area contributed by atoms with Crippen LogP contribution in [0.25, 0.3) is 11.1 Å². The molecule has 1 saturated heterocycles. The van der Waals surface area contributed by atoms with Crippen molar-refractivity contribution in [1.29, 1.82) is 0 Å². The Labute approximate surface area is 157 Å². The number of likely N-dealkylation sites (tertiary alicyclic amines) is 1. The fourth-order valence-electron chi connectivity index (χ4n) is 3.48. The molecule has 0 bridgehead atoms. The number of nitrogens with one attached hydrogen (secondary N) is 1. The Bertz CT molecular complexity index is 743. The highest BCUT2D eigenvalue weighted by Gasteiger charge is 2.28. The lowest BCUT2D eigenvalue weighted by atomic mass is 9.89. The van der Waals surface area contributed by atoms with Gasteiger partial charge < -0.3 is 10.6 Å². The van der Waals surface area contributed by atoms with Crippen molar-refractivity contribution in [2.24, 2.45) is 5.73 Å². The maximum absolute atomic E-state index is 13.5. The van der Waals surface area contributed by atoms with E-state index in [1.54, 1.807) is 24.0 Å². The van der Waals surface area contributed by atoms with Crippen LogP contribution in [0.4, 0.5) is 4.39 Å². The van der Waals surface area contributed by atoms with Crippen LogP contribution < -0.4 is 5.73 Å². The third-order valence-corrected chi connectivity index (χ3v) is 5.61. The molecule has 2 aromatic rings. The molecule has 0 saturated carbocycles. The lowest BCUT2D eigenvalue weighted by Crippen LogP contribution is -2.47. The van der Waals surface area contributed by atoms with E-state index in [0.717, 1.165) is 35.4 Å². The predicted molar refractivity (Wildman–Crippen MR) is 104 cm³/mol. The number of rotatable bonds is 6. The van der Waals surface area contributed by atoms with Crippen LogP contribution in [0.15, 0.2) is 30.5 Å². The normalized spacial score (nSPS) is 16.7. The Balaban J connectivity index is 1.64. The predicted octanol–water partition coefficient (Wildman–Crippen LogP) is 3.00. The molecule has 1 atom stereocenters. The van der Waals surface area contributed by atoms with Gasteiger partial charge in [-0.1, -0.05) is 12.1 Å². The van der Waals surface area contributed by atoms with Crippen molar-refractivity contribution in [1.82, 2.24) is 15.1 Å². The Morgan fingerprint density at radius 2 is 2.23 bits per heavy atom. The molecule has 7 heteroatoms. The third kappa shape index (κ3) is 4.27. The first-order valence-electron chi connectivity index (χ1n) is 8.92. The second-order valence-electron chi connectivity index (χ2n) is 6.70. The molecule has 2 heterocycles. The first-order chi connectivity index (χ1) is 12.6. The van der Waals surface area contributed by atoms with E-state index in [1.807, 2.05) is 17.2 Å². The number of benzene rings is 1. The van der Waals surface area contributed by atoms with E-state index in [4.69, 9.17) is 5.73 Å². The van der Waals surface area contributed by atoms with E-state index in [9.17, 15) is 9.18 Å². The van der Waals surface area contributed by atoms with Gasteiger partial charge >= 0.3 is 0 Å². The van der Waals surface area contributed by atoms with Crippen LogP contribution in [0.3, 0.4) is 0 Å². The molecule has 0 unspecified atom stereocenters. The summed E-state index contributed by atoms with van der Waals surface area (Å²) in [5.74, 6) is 0.970. The molecule has 140 valence electrons. The van der Waals surface area contributed by atoms with Crippen molar-refractivity contribution < 1.29 is 9.18 Å². The van der Waals surface area contributed by atoms with E-state index in [1.165, 1.54) is 12.1 Å². The molecular formula is C19H25FN4OS. The van der Waals surface area contributed by atoms with Gasteiger partial charge in [0.15, 0.2) is 0 Å². The molecule has 0 radical (unpaired) electrons. The van der Waals surface area contributed by atoms with Crippen molar-refractivity contribution in [2.75, 3.05) is 25.1 Å². The molecule has 0 spiro atoms. The fourth-order valence-corrected chi connectivity index (χ4v) is 3.97. The minimum absolute atomic E-state index is 0.0486. The van der Waals surface area contributed by atoms with E-state index in [0.29, 0.717) is 19.5 Å². The number of thioether (sulfide) groups is 1. The molecule has 1 fully saturated rings. The van der Waals surface area contributed by atoms with Gasteiger partial charge in [-0.15, -0.1) is 0 Å². The largest absolute Gasteiger partial charge is 0.341 e. The zero-order chi connectivity index (χ0) is 18.5. The van der Waals surface area contributed by atoms with Gasteiger partial charge in [0, 0.05) is 30.3 Å². The van der Waals surface area contributed by atoms with Crippen LogP contribution in [-0.2, 0) is 4.79 Å². The lowest BCUT2D eigenvalue weighted by molar-refractivity contribution is -0.133. The smallest absolute Gasteiger partial charge is 0.239 e. The Kier molecular flexibility index (Phi) is 6.32. The number of nitrogens with two attached hydrogens (primary N) is 1. The average molecular weight is 377 g/mol. The van der Waals surface area contributed by atoms with Gasteiger partial charge in [0.05, 0.1) is 12.2 Å². The fraction of sp³-hybridized carbons (Fsp3) is 0.474. The summed E-state index contributed by atoms with van der Waals surface area (Å²) in [6, 6.07) is 6.15. The molecule has 1 aliphatic rings. The minimum Gasteiger partial charge on any atom is -0.341 e. The van der Waals surface area contributed by atoms with Crippen molar-refractivity contribution in [2.45, 2.75) is 31.2 Å². The quantitative estimate of drug-likeness (QED) is 0.813. The summed E-state index contributed by atoms with van der Waals surface area (Å²) in [5, 5.41) is 7.25. The molecule has 1 aliphatic heterocycles. The second kappa shape index (κ2) is 8.68. The molecule has 3 N–H and O–H groups in total. The molecule has 1 aromatic heterocycles. The van der Waals surface area contributed by atoms with Crippen LogP contribution in [0.1, 0.15) is 30.9 Å². The minimum atomic E-state index is -0.408. The van der Waals surface area contributed by atoms with Gasteiger partial charge in [-0.3, -0.25) is 9.89 Å². The maximum Gasteiger partial charge on any atom is 0.239 e.